The number of urea groups is 1. The molecule has 0 saturated carbocycles. The number of hydrogen-bond donors (Lipinski definition) is 9. The minimum absolute atomic E-state index is 0. The summed E-state index contributed by atoms with van der Waals surface area (Å²) in [7, 11) is 0. The summed E-state index contributed by atoms with van der Waals surface area (Å²) in [4.78, 5) is 91.8. The van der Waals surface area contributed by atoms with E-state index in [9.17, 15) is 54.8 Å². The second-order valence-corrected chi connectivity index (χ2v) is 21.2. The number of hydrogen-bond acceptors (Lipinski definition) is 32. The van der Waals surface area contributed by atoms with E-state index in [1.165, 1.54) is 5.01 Å². The van der Waals surface area contributed by atoms with Gasteiger partial charge in [-0.25, -0.2) is 16.2 Å². The van der Waals surface area contributed by atoms with E-state index < -0.39 is 80.3 Å². The number of amides is 3. The first-order valence-electron chi connectivity index (χ1n) is 26.8. The Bertz CT molecular complexity index is 2140. The quantitative estimate of drug-likeness (QED) is 0.0122. The van der Waals surface area contributed by atoms with Gasteiger partial charge in [-0.15, -0.1) is 40.5 Å². The normalized spacial score (nSPS) is 29.9. The zero-order valence-electron chi connectivity index (χ0n) is 48.8. The van der Waals surface area contributed by atoms with Gasteiger partial charge in [0.25, 0.3) is 20.3 Å². The molecule has 12 N–H and O–H groups in total. The van der Waals surface area contributed by atoms with Crippen molar-refractivity contribution in [2.45, 2.75) is 170 Å². The average Bonchev–Trinajstić information content (AvgIpc) is 2.35. The molecule has 8 saturated heterocycles. The Labute approximate surface area is 542 Å². The van der Waals surface area contributed by atoms with Gasteiger partial charge in [0.05, 0.1) is 83.6 Å². The van der Waals surface area contributed by atoms with Gasteiger partial charge in [0.2, 0.25) is 0 Å². The summed E-state index contributed by atoms with van der Waals surface area (Å²) in [6, 6.07) is -0.891. The fourth-order valence-corrected chi connectivity index (χ4v) is 9.31. The number of nitrogens with two attached hydrogens (primary N) is 3. The molecule has 0 aromatic heterocycles. The van der Waals surface area contributed by atoms with Crippen LogP contribution in [0.4, 0.5) is 9.59 Å². The first-order valence-corrected chi connectivity index (χ1v) is 26.8. The van der Waals surface area contributed by atoms with Gasteiger partial charge < -0.3 is 121 Å². The van der Waals surface area contributed by atoms with E-state index in [4.69, 9.17) is 81.5 Å². The summed E-state index contributed by atoms with van der Waals surface area (Å²) in [6.45, 7) is 21.2. The second-order valence-electron chi connectivity index (χ2n) is 21.2. The Morgan fingerprint density at radius 3 is 1.26 bits per heavy atom. The molecule has 87 heavy (non-hydrogen) atoms. The van der Waals surface area contributed by atoms with Crippen molar-refractivity contribution in [3.8, 4) is 0 Å². The van der Waals surface area contributed by atoms with Crippen molar-refractivity contribution in [2.75, 3.05) is 98.7 Å². The summed E-state index contributed by atoms with van der Waals surface area (Å²) in [5.41, 5.74) is 15.0. The van der Waals surface area contributed by atoms with Crippen molar-refractivity contribution in [1.82, 2.24) is 26.6 Å². The van der Waals surface area contributed by atoms with Crippen molar-refractivity contribution in [2.24, 2.45) is 17.2 Å². The number of nitrogens with one attached hydrogen (secondary N) is 5. The maximum absolute atomic E-state index is 11.6. The minimum atomic E-state index is -0.836. The molecular weight excluding hydrogens is 1210 g/mol. The van der Waals surface area contributed by atoms with Crippen LogP contribution in [-0.4, -0.2) is 251 Å². The van der Waals surface area contributed by atoms with Gasteiger partial charge >= 0.3 is 69.5 Å². The number of aliphatic hydroxyl groups excluding tert-OH is 1. The molecule has 41 heteroatoms. The molecule has 0 spiro atoms. The number of fused-ring (bicyclic) bond motifs is 4. The van der Waals surface area contributed by atoms with Crippen LogP contribution in [0, 0.1) is 52.2 Å². The molecule has 0 unspecified atom stereocenters. The number of esters is 1. The smallest absolute Gasteiger partial charge is 0.539 e. The molecule has 40 nitrogen and oxygen atoms in total. The maximum atomic E-state index is 11.6. The van der Waals surface area contributed by atoms with E-state index in [1.807, 2.05) is 20.8 Å². The van der Waals surface area contributed by atoms with Gasteiger partial charge in [-0.2, -0.15) is 0 Å². The molecule has 8 aliphatic heterocycles. The molecule has 8 heterocycles. The molecule has 0 radical (unpaired) electrons. The molecule has 16 atom stereocenters. The topological polar surface area (TPSA) is 539 Å². The number of alkyl carbamates (subject to hydrolysis) is 1. The van der Waals surface area contributed by atoms with Gasteiger partial charge in [-0.3, -0.25) is 9.80 Å². The minimum Gasteiger partial charge on any atom is -0.539 e. The van der Waals surface area contributed by atoms with E-state index >= 15 is 0 Å². The number of carbonyl (C=O) groups excluding carboxylic acids is 3. The molecule has 0 aliphatic carbocycles. The summed E-state index contributed by atoms with van der Waals surface area (Å²) < 4.78 is 53.4. The van der Waals surface area contributed by atoms with Gasteiger partial charge in [-0.05, 0) is 54.5 Å². The molecular formula is C46H84KN13O27. The van der Waals surface area contributed by atoms with E-state index in [-0.39, 0.29) is 165 Å². The molecule has 3 amide bonds. The summed E-state index contributed by atoms with van der Waals surface area (Å²) in [5, 5.41) is 70.2. The van der Waals surface area contributed by atoms with Gasteiger partial charge in [-0.1, -0.05) is 7.43 Å². The van der Waals surface area contributed by atoms with Gasteiger partial charge in [0.1, 0.15) is 60.0 Å². The van der Waals surface area contributed by atoms with Crippen LogP contribution >= 0.6 is 0 Å². The van der Waals surface area contributed by atoms with Crippen molar-refractivity contribution in [3.05, 3.63) is 57.2 Å². The Balaban J connectivity index is 0.000000545. The number of ether oxygens (including phenoxy) is 10. The summed E-state index contributed by atoms with van der Waals surface area (Å²) >= 11 is 0. The molecule has 0 bridgehead atoms. The summed E-state index contributed by atoms with van der Waals surface area (Å²) in [6.07, 6.45) is -4.74. The first kappa shape index (κ1) is 80.2. The van der Waals surface area contributed by atoms with E-state index in [0.717, 1.165) is 0 Å². The van der Waals surface area contributed by atoms with Crippen LogP contribution < -0.4 is 95.2 Å². The predicted molar refractivity (Wildman–Crippen MR) is 288 cm³/mol. The summed E-state index contributed by atoms with van der Waals surface area (Å²) in [5.74, 6) is -0.226. The second kappa shape index (κ2) is 40.7. The SMILES string of the molecule is C.CC(C)(C)OC(=O)CCCN[C@H]1CO[C@H]2[C@@H]1OC[C@H]2O[N+](=O)[O-].CC(C)(C)OC(=O)NCCO.NC(=O)NCCN[C@H]1CO[C@H]2[C@@H]1OC[C@H]2O[N+](=O)[O-].NCCN[C@H]1CO[C@H]2[C@@H]1OC[C@H]2O[N+](=O)[O-].N[C@H]1CO[C@H]2[C@@H]1OC[C@H]2O[N+](=O)[O-].[C-]#[N+][O-].[K+]. The van der Waals surface area contributed by atoms with E-state index in [2.05, 4.69) is 45.9 Å². The monoisotopic (exact) mass is 1290 g/mol. The van der Waals surface area contributed by atoms with Crippen LogP contribution in [0.3, 0.4) is 0 Å². The van der Waals surface area contributed by atoms with Crippen LogP contribution in [-0.2, 0) is 71.5 Å². The number of carbonyl (C=O) groups is 3. The zero-order chi connectivity index (χ0) is 63.4. The van der Waals surface area contributed by atoms with Crippen molar-refractivity contribution in [1.29, 1.82) is 0 Å². The molecule has 496 valence electrons. The van der Waals surface area contributed by atoms with Crippen LogP contribution in [0.1, 0.15) is 61.8 Å². The van der Waals surface area contributed by atoms with Crippen LogP contribution in [0.2, 0.25) is 0 Å². The predicted octanol–water partition coefficient (Wildman–Crippen LogP) is -6.06. The van der Waals surface area contributed by atoms with E-state index in [0.29, 0.717) is 72.0 Å². The first-order chi connectivity index (χ1) is 40.1. The van der Waals surface area contributed by atoms with Crippen LogP contribution in [0.25, 0.3) is 5.01 Å². The number of rotatable bonds is 22. The largest absolute Gasteiger partial charge is 1.00 e. The van der Waals surface area contributed by atoms with Crippen molar-refractivity contribution < 1.29 is 158 Å². The Hall–Kier alpha value is -4.82. The standard InChI is InChI=1S/C14H24N2O7.C9H16N4O6.C8H15N3O5.C7H15NO3.C6H10N2O5.CNO.CH4.K/c1-14(2,3)22-11(17)5-4-6-15-9-7-20-13-10(23-16(18)19)8-21-12(9)13;10-9(14)12-2-1-11-5-3-17-8-6(19-13(15)16)4-18-7(5)8;9-1-2-10-5-3-14-8-6(16-11(12)13)4-15-7(5)8;1-7(2,3)11-6(10)8-4-5-9;7-3-1-11-6-4(13-8(9)10)2-12-5(3)6;1-2-3;;/h9-10,12-13,15H,4-8H2,1-3H3;5-8,11H,1-4H2,(H3,10,12,14);5-8,10H,1-4,9H2;9H,4-5H2,1-3H3,(H,8,10);3-6H,1-2,7H2;;1H4;/q;;;;;-1;;+1/t9-,10+,12+,13+;2*5-,6+,7+,8+;;3-,4+,5+,6+;;;/m000.0.../s1. The molecule has 8 aliphatic rings. The fourth-order valence-electron chi connectivity index (χ4n) is 9.31. The number of aliphatic hydroxyl groups is 1. The average molecular weight is 1290 g/mol. The van der Waals surface area contributed by atoms with Crippen LogP contribution in [0.5, 0.6) is 0 Å². The van der Waals surface area contributed by atoms with E-state index in [1.54, 1.807) is 20.8 Å². The van der Waals surface area contributed by atoms with Crippen molar-refractivity contribution >= 4 is 18.1 Å². The molecule has 0 aromatic rings. The molecule has 0 aromatic carbocycles. The Morgan fingerprint density at radius 2 is 0.908 bits per heavy atom. The third-order valence-corrected chi connectivity index (χ3v) is 12.5. The van der Waals surface area contributed by atoms with Crippen LogP contribution in [0.15, 0.2) is 0 Å². The van der Waals surface area contributed by atoms with Gasteiger partial charge in [0.15, 0.2) is 24.4 Å². The third kappa shape index (κ3) is 29.6. The molecule has 8 fully saturated rings. The fraction of sp³-hybridized carbons (Fsp3) is 0.913. The molecule has 8 rings (SSSR count). The van der Waals surface area contributed by atoms with Gasteiger partial charge in [0, 0.05) is 39.1 Å². The van der Waals surface area contributed by atoms with Crippen molar-refractivity contribution in [3.63, 3.8) is 0 Å². The number of nitrogens with zero attached hydrogens (tertiary/aromatic N) is 5. The zero-order valence-corrected chi connectivity index (χ0v) is 51.9. The Morgan fingerprint density at radius 1 is 0.563 bits per heavy atom. The Kier molecular flexibility index (Phi) is 37.5. The third-order valence-electron chi connectivity index (χ3n) is 12.5. The maximum Gasteiger partial charge on any atom is 1.00 e. The number of primary amides is 1.